The predicted octanol–water partition coefficient (Wildman–Crippen LogP) is 2.06. The number of hydrogen-bond donors (Lipinski definition) is 0. The van der Waals surface area contributed by atoms with Crippen molar-refractivity contribution in [1.82, 2.24) is 28.5 Å². The van der Waals surface area contributed by atoms with E-state index in [4.69, 9.17) is 27.9 Å². The highest BCUT2D eigenvalue weighted by Crippen LogP contribution is 2.27. The summed E-state index contributed by atoms with van der Waals surface area (Å²) >= 11 is 12.8. The van der Waals surface area contributed by atoms with Gasteiger partial charge < -0.3 is 14.2 Å². The Morgan fingerprint density at radius 1 is 1.03 bits per heavy atom. The number of rotatable bonds is 5. The second-order valence-electron chi connectivity index (χ2n) is 8.15. The zero-order chi connectivity index (χ0) is 24.6. The van der Waals surface area contributed by atoms with Gasteiger partial charge in [-0.2, -0.15) is 0 Å². The van der Waals surface area contributed by atoms with Gasteiger partial charge in [-0.25, -0.2) is 14.6 Å². The maximum absolute atomic E-state index is 13.1. The summed E-state index contributed by atoms with van der Waals surface area (Å²) in [5, 5.41) is 0.954. The van der Waals surface area contributed by atoms with Crippen molar-refractivity contribution in [1.29, 1.82) is 0 Å². The quantitative estimate of drug-likeness (QED) is 0.523. The Morgan fingerprint density at radius 2 is 1.68 bits per heavy atom. The smallest absolute Gasteiger partial charge is 0.409 e. The lowest BCUT2D eigenvalue weighted by molar-refractivity contribution is 0.0769. The van der Waals surface area contributed by atoms with E-state index in [-0.39, 0.29) is 12.6 Å². The van der Waals surface area contributed by atoms with Crippen molar-refractivity contribution in [3.05, 3.63) is 60.5 Å². The Kier molecular flexibility index (Phi) is 7.01. The number of benzene rings is 1. The van der Waals surface area contributed by atoms with E-state index in [1.165, 1.54) is 11.6 Å². The van der Waals surface area contributed by atoms with Gasteiger partial charge in [-0.3, -0.25) is 18.8 Å². The molecule has 1 aromatic carbocycles. The van der Waals surface area contributed by atoms with E-state index in [1.54, 1.807) is 41.6 Å². The Morgan fingerprint density at radius 3 is 2.29 bits per heavy atom. The molecule has 0 bridgehead atoms. The van der Waals surface area contributed by atoms with Gasteiger partial charge in [-0.1, -0.05) is 29.3 Å². The van der Waals surface area contributed by atoms with Crippen LogP contribution in [0.2, 0.25) is 10.0 Å². The standard InChI is InChI=1S/C22H26Cl2N6O4/c1-4-34-22(33)29-10-8-28(9-11-29)13-17-25-19-18(20(31)27(3)21(32)26(19)2)30(17)12-14-15(23)6-5-7-16(14)24/h5-7H,4,8-13H2,1-3H3. The van der Waals surface area contributed by atoms with Gasteiger partial charge in [0.1, 0.15) is 5.82 Å². The van der Waals surface area contributed by atoms with Gasteiger partial charge in [0.05, 0.1) is 19.7 Å². The third-order valence-corrected chi connectivity index (χ3v) is 6.78. The van der Waals surface area contributed by atoms with E-state index in [9.17, 15) is 14.4 Å². The van der Waals surface area contributed by atoms with Crippen LogP contribution in [0.1, 0.15) is 18.3 Å². The molecule has 34 heavy (non-hydrogen) atoms. The minimum Gasteiger partial charge on any atom is -0.450 e. The van der Waals surface area contributed by atoms with Crippen LogP contribution in [0, 0.1) is 0 Å². The van der Waals surface area contributed by atoms with E-state index in [1.807, 2.05) is 0 Å². The van der Waals surface area contributed by atoms with Crippen molar-refractivity contribution in [3.63, 3.8) is 0 Å². The summed E-state index contributed by atoms with van der Waals surface area (Å²) in [5.41, 5.74) is 0.381. The highest BCUT2D eigenvalue weighted by atomic mass is 35.5. The van der Waals surface area contributed by atoms with Crippen LogP contribution >= 0.6 is 23.2 Å². The topological polar surface area (TPSA) is 94.6 Å². The first kappa shape index (κ1) is 24.3. The largest absolute Gasteiger partial charge is 0.450 e. The predicted molar refractivity (Wildman–Crippen MR) is 130 cm³/mol. The number of aryl methyl sites for hydroxylation is 1. The number of aromatic nitrogens is 4. The van der Waals surface area contributed by atoms with Crippen LogP contribution in [0.3, 0.4) is 0 Å². The van der Waals surface area contributed by atoms with E-state index in [0.717, 1.165) is 4.57 Å². The minimum atomic E-state index is -0.451. The number of ether oxygens (including phenoxy) is 1. The molecular weight excluding hydrogens is 483 g/mol. The molecule has 0 spiro atoms. The van der Waals surface area contributed by atoms with Crippen molar-refractivity contribution in [2.45, 2.75) is 20.0 Å². The van der Waals surface area contributed by atoms with Crippen molar-refractivity contribution >= 4 is 40.5 Å². The average molecular weight is 509 g/mol. The number of imidazole rings is 1. The van der Waals surface area contributed by atoms with Crippen LogP contribution in [0.5, 0.6) is 0 Å². The lowest BCUT2D eigenvalue weighted by Crippen LogP contribution is -2.48. The zero-order valence-corrected chi connectivity index (χ0v) is 20.8. The number of carbonyl (C=O) groups is 1. The number of piperazine rings is 1. The van der Waals surface area contributed by atoms with Gasteiger partial charge in [0.15, 0.2) is 11.2 Å². The molecule has 0 atom stereocenters. The van der Waals surface area contributed by atoms with Gasteiger partial charge in [0, 0.05) is 55.9 Å². The Balaban J connectivity index is 1.73. The summed E-state index contributed by atoms with van der Waals surface area (Å²) in [7, 11) is 3.03. The van der Waals surface area contributed by atoms with E-state index < -0.39 is 11.2 Å². The summed E-state index contributed by atoms with van der Waals surface area (Å²) in [6, 6.07) is 5.24. The number of fused-ring (bicyclic) bond motifs is 1. The zero-order valence-electron chi connectivity index (χ0n) is 19.3. The monoisotopic (exact) mass is 508 g/mol. The lowest BCUT2D eigenvalue weighted by Gasteiger charge is -2.33. The van der Waals surface area contributed by atoms with Crippen molar-refractivity contribution < 1.29 is 9.53 Å². The molecule has 0 radical (unpaired) electrons. The Hall–Kier alpha value is -2.82. The first-order chi connectivity index (χ1) is 16.2. The van der Waals surface area contributed by atoms with Crippen LogP contribution in [0.15, 0.2) is 27.8 Å². The summed E-state index contributed by atoms with van der Waals surface area (Å²) in [6.07, 6.45) is -0.318. The molecule has 0 unspecified atom stereocenters. The fourth-order valence-electron chi connectivity index (χ4n) is 4.13. The molecule has 1 saturated heterocycles. The average Bonchev–Trinajstić information content (AvgIpc) is 3.17. The maximum Gasteiger partial charge on any atom is 0.409 e. The van der Waals surface area contributed by atoms with Crippen LogP contribution in [0.25, 0.3) is 11.2 Å². The molecule has 0 aliphatic carbocycles. The number of carbonyl (C=O) groups excluding carboxylic acids is 1. The maximum atomic E-state index is 13.1. The summed E-state index contributed by atoms with van der Waals surface area (Å²) < 4.78 is 9.30. The molecule has 1 aliphatic rings. The highest BCUT2D eigenvalue weighted by Gasteiger charge is 2.25. The molecule has 1 amide bonds. The van der Waals surface area contributed by atoms with Gasteiger partial charge in [-0.15, -0.1) is 0 Å². The lowest BCUT2D eigenvalue weighted by atomic mass is 10.2. The minimum absolute atomic E-state index is 0.223. The summed E-state index contributed by atoms with van der Waals surface area (Å²) in [6.45, 7) is 5.04. The molecular formula is C22H26Cl2N6O4. The van der Waals surface area contributed by atoms with Gasteiger partial charge in [-0.05, 0) is 19.1 Å². The van der Waals surface area contributed by atoms with Crippen molar-refractivity contribution in [3.8, 4) is 0 Å². The molecule has 182 valence electrons. The fourth-order valence-corrected chi connectivity index (χ4v) is 4.64. The third-order valence-electron chi connectivity index (χ3n) is 6.07. The molecule has 0 saturated carbocycles. The Labute approximate surface area is 205 Å². The number of hydrogen-bond acceptors (Lipinski definition) is 6. The van der Waals surface area contributed by atoms with Crippen LogP contribution in [0.4, 0.5) is 4.79 Å². The molecule has 2 aromatic heterocycles. The summed E-state index contributed by atoms with van der Waals surface area (Å²) in [5.74, 6) is 0.605. The van der Waals surface area contributed by atoms with E-state index in [2.05, 4.69) is 9.88 Å². The van der Waals surface area contributed by atoms with Crippen LogP contribution in [-0.4, -0.2) is 67.4 Å². The molecule has 3 aromatic rings. The molecule has 10 nitrogen and oxygen atoms in total. The number of nitrogens with zero attached hydrogens (tertiary/aromatic N) is 6. The Bertz CT molecular complexity index is 1330. The van der Waals surface area contributed by atoms with Gasteiger partial charge >= 0.3 is 11.8 Å². The van der Waals surface area contributed by atoms with E-state index in [0.29, 0.717) is 71.9 Å². The first-order valence-corrected chi connectivity index (χ1v) is 11.7. The second-order valence-corrected chi connectivity index (χ2v) is 8.97. The molecule has 1 aliphatic heterocycles. The number of halogens is 2. The van der Waals surface area contributed by atoms with Crippen molar-refractivity contribution in [2.24, 2.45) is 14.1 Å². The van der Waals surface area contributed by atoms with Crippen LogP contribution in [-0.2, 0) is 31.9 Å². The second kappa shape index (κ2) is 9.81. The van der Waals surface area contributed by atoms with Gasteiger partial charge in [0.25, 0.3) is 5.56 Å². The van der Waals surface area contributed by atoms with Crippen LogP contribution < -0.4 is 11.2 Å². The third kappa shape index (κ3) is 4.45. The normalized spacial score (nSPS) is 14.7. The molecule has 1 fully saturated rings. The highest BCUT2D eigenvalue weighted by molar-refractivity contribution is 6.36. The fraction of sp³-hybridized carbons (Fsp3) is 0.455. The molecule has 3 heterocycles. The SMILES string of the molecule is CCOC(=O)N1CCN(Cc2nc3c(c(=O)n(C)c(=O)n3C)n2Cc2c(Cl)cccc2Cl)CC1. The van der Waals surface area contributed by atoms with Crippen molar-refractivity contribution in [2.75, 3.05) is 32.8 Å². The molecule has 0 N–H and O–H groups in total. The number of amides is 1. The van der Waals surface area contributed by atoms with E-state index >= 15 is 0 Å². The molecule has 12 heteroatoms. The first-order valence-electron chi connectivity index (χ1n) is 10.9. The van der Waals surface area contributed by atoms with Gasteiger partial charge in [0.2, 0.25) is 0 Å². The summed E-state index contributed by atoms with van der Waals surface area (Å²) in [4.78, 5) is 46.1. The molecule has 4 rings (SSSR count).